The lowest BCUT2D eigenvalue weighted by atomic mass is 9.81. The fraction of sp³-hybridized carbons (Fsp3) is 0.343. The summed E-state index contributed by atoms with van der Waals surface area (Å²) in [5, 5.41) is 7.78. The molecule has 192 valence electrons. The minimum Gasteiger partial charge on any atom is -0.455 e. The Hall–Kier alpha value is -3.43. The van der Waals surface area contributed by atoms with Gasteiger partial charge in [-0.05, 0) is 76.3 Å². The van der Waals surface area contributed by atoms with Crippen LogP contribution in [0.3, 0.4) is 0 Å². The van der Waals surface area contributed by atoms with Crippen LogP contribution in [0.15, 0.2) is 60.8 Å². The Balaban J connectivity index is 1.60. The molecule has 3 heteroatoms. The Morgan fingerprint density at radius 1 is 0.895 bits per heavy atom. The van der Waals surface area contributed by atoms with Crippen molar-refractivity contribution in [1.29, 1.82) is 0 Å². The predicted molar refractivity (Wildman–Crippen MR) is 156 cm³/mol. The first-order valence-corrected chi connectivity index (χ1v) is 14.0. The minimum atomic E-state index is 0.131. The molecule has 0 bridgehead atoms. The molecule has 1 aromatic heterocycles. The zero-order valence-corrected chi connectivity index (χ0v) is 23.2. The number of nitrogens with zero attached hydrogens (tertiary/aromatic N) is 1. The molecule has 0 spiro atoms. The fourth-order valence-electron chi connectivity index (χ4n) is 6.93. The van der Waals surface area contributed by atoms with Crippen LogP contribution >= 0.6 is 0 Å². The van der Waals surface area contributed by atoms with Crippen LogP contribution in [-0.4, -0.2) is 13.2 Å². The average molecular weight is 503 g/mol. The van der Waals surface area contributed by atoms with E-state index < -0.39 is 0 Å². The molecule has 0 N–H and O–H groups in total. The van der Waals surface area contributed by atoms with Crippen molar-refractivity contribution in [2.45, 2.75) is 52.9 Å². The molecular weight excluding hydrogens is 466 g/mol. The van der Waals surface area contributed by atoms with Crippen LogP contribution in [0.1, 0.15) is 56.2 Å². The van der Waals surface area contributed by atoms with Crippen LogP contribution < -0.4 is 9.30 Å². The maximum atomic E-state index is 7.03. The molecule has 1 saturated heterocycles. The first kappa shape index (κ1) is 23.7. The zero-order valence-electron chi connectivity index (χ0n) is 23.2. The third kappa shape index (κ3) is 3.55. The van der Waals surface area contributed by atoms with E-state index in [0.29, 0.717) is 5.92 Å². The number of fused-ring (bicyclic) bond motifs is 5. The Bertz CT molecular complexity index is 1750. The molecule has 5 aromatic rings. The van der Waals surface area contributed by atoms with E-state index in [2.05, 4.69) is 100 Å². The third-order valence-corrected chi connectivity index (χ3v) is 8.60. The van der Waals surface area contributed by atoms with E-state index in [4.69, 9.17) is 9.47 Å². The van der Waals surface area contributed by atoms with Crippen LogP contribution in [0.25, 0.3) is 43.6 Å². The number of ether oxygens (including phenoxy) is 2. The van der Waals surface area contributed by atoms with Crippen molar-refractivity contribution in [3.8, 4) is 22.8 Å². The van der Waals surface area contributed by atoms with Gasteiger partial charge in [0.2, 0.25) is 5.69 Å². The minimum absolute atomic E-state index is 0.131. The molecule has 1 fully saturated rings. The zero-order chi connectivity index (χ0) is 26.2. The summed E-state index contributed by atoms with van der Waals surface area (Å²) in [5.74, 6) is 2.53. The Kier molecular flexibility index (Phi) is 5.32. The van der Waals surface area contributed by atoms with Gasteiger partial charge < -0.3 is 9.47 Å². The smallest absolute Gasteiger partial charge is 0.228 e. The summed E-state index contributed by atoms with van der Waals surface area (Å²) in [4.78, 5) is 0. The molecule has 2 aliphatic heterocycles. The van der Waals surface area contributed by atoms with Gasteiger partial charge in [-0.25, -0.2) is 4.57 Å². The average Bonchev–Trinajstić information content (AvgIpc) is 2.91. The van der Waals surface area contributed by atoms with Crippen molar-refractivity contribution in [2.24, 2.45) is 12.5 Å². The highest BCUT2D eigenvalue weighted by Crippen LogP contribution is 2.53. The summed E-state index contributed by atoms with van der Waals surface area (Å²) in [6.07, 6.45) is 5.36. The van der Waals surface area contributed by atoms with Gasteiger partial charge in [-0.2, -0.15) is 0 Å². The third-order valence-electron chi connectivity index (χ3n) is 8.60. The quantitative estimate of drug-likeness (QED) is 0.175. The number of hydrogen-bond acceptors (Lipinski definition) is 2. The summed E-state index contributed by atoms with van der Waals surface area (Å²) >= 11 is 0. The van der Waals surface area contributed by atoms with E-state index in [0.717, 1.165) is 44.0 Å². The Labute approximate surface area is 225 Å². The first-order chi connectivity index (χ1) is 18.3. The molecule has 0 amide bonds. The lowest BCUT2D eigenvalue weighted by Gasteiger charge is -2.29. The van der Waals surface area contributed by atoms with Gasteiger partial charge in [-0.15, -0.1) is 0 Å². The summed E-state index contributed by atoms with van der Waals surface area (Å²) in [6.45, 7) is 10.9. The van der Waals surface area contributed by atoms with E-state index >= 15 is 0 Å². The van der Waals surface area contributed by atoms with Crippen LogP contribution in [0.2, 0.25) is 0 Å². The molecule has 3 nitrogen and oxygen atoms in total. The predicted octanol–water partition coefficient (Wildman–Crippen LogP) is 8.53. The second kappa shape index (κ2) is 8.54. The number of aromatic nitrogens is 1. The van der Waals surface area contributed by atoms with Gasteiger partial charge >= 0.3 is 0 Å². The topological polar surface area (TPSA) is 22.3 Å². The summed E-state index contributed by atoms with van der Waals surface area (Å²) in [7, 11) is 2.18. The molecular formula is C35H36NO2+. The maximum Gasteiger partial charge on any atom is 0.228 e. The monoisotopic (exact) mass is 502 g/mol. The van der Waals surface area contributed by atoms with Gasteiger partial charge in [0.1, 0.15) is 18.5 Å². The van der Waals surface area contributed by atoms with Gasteiger partial charge in [0.15, 0.2) is 6.20 Å². The highest BCUT2D eigenvalue weighted by molar-refractivity contribution is 6.17. The molecule has 7 rings (SSSR count). The number of benzene rings is 4. The lowest BCUT2D eigenvalue weighted by Crippen LogP contribution is -2.32. The standard InChI is InChI=1S/C35H36NO2/c1-21-24-10-6-7-11-26(24)28(20-35(2,3)4)34-30(21)33-32-27(13-16-36(33)5)31-23(19-29(32)38-34)9-8-12-25(31)22-14-17-37-18-15-22/h6-13,16,19,22H,14-15,17-18,20H2,1-5H3/q+1. The van der Waals surface area contributed by atoms with E-state index in [9.17, 15) is 0 Å². The van der Waals surface area contributed by atoms with Gasteiger partial charge in [0.05, 0.1) is 10.9 Å². The first-order valence-electron chi connectivity index (χ1n) is 14.0. The second-order valence-electron chi connectivity index (χ2n) is 12.5. The summed E-state index contributed by atoms with van der Waals surface area (Å²) in [5.41, 5.74) is 6.69. The number of pyridine rings is 1. The van der Waals surface area contributed by atoms with Crippen LogP contribution in [0, 0.1) is 12.3 Å². The summed E-state index contributed by atoms with van der Waals surface area (Å²) < 4.78 is 15.0. The van der Waals surface area contributed by atoms with Gasteiger partial charge in [-0.3, -0.25) is 0 Å². The van der Waals surface area contributed by atoms with Gasteiger partial charge in [0, 0.05) is 30.2 Å². The van der Waals surface area contributed by atoms with Crippen molar-refractivity contribution in [3.63, 3.8) is 0 Å². The van der Waals surface area contributed by atoms with Crippen LogP contribution in [-0.2, 0) is 18.2 Å². The van der Waals surface area contributed by atoms with Crippen molar-refractivity contribution in [2.75, 3.05) is 13.2 Å². The molecule has 3 heterocycles. The largest absolute Gasteiger partial charge is 0.455 e. The number of hydrogen-bond donors (Lipinski definition) is 0. The van der Waals surface area contributed by atoms with Crippen molar-refractivity contribution in [1.82, 2.24) is 0 Å². The lowest BCUT2D eigenvalue weighted by molar-refractivity contribution is -0.659. The molecule has 4 aromatic carbocycles. The molecule has 0 aliphatic carbocycles. The van der Waals surface area contributed by atoms with Crippen molar-refractivity contribution < 1.29 is 14.0 Å². The molecule has 0 saturated carbocycles. The summed E-state index contributed by atoms with van der Waals surface area (Å²) in [6, 6.07) is 20.3. The molecule has 0 radical (unpaired) electrons. The molecule has 0 atom stereocenters. The highest BCUT2D eigenvalue weighted by atomic mass is 16.5. The Morgan fingerprint density at radius 2 is 1.66 bits per heavy atom. The van der Waals surface area contributed by atoms with E-state index in [-0.39, 0.29) is 5.41 Å². The second-order valence-corrected chi connectivity index (χ2v) is 12.5. The van der Waals surface area contributed by atoms with E-state index in [1.165, 1.54) is 60.3 Å². The Morgan fingerprint density at radius 3 is 2.42 bits per heavy atom. The van der Waals surface area contributed by atoms with Crippen LogP contribution in [0.4, 0.5) is 0 Å². The van der Waals surface area contributed by atoms with E-state index in [1.54, 1.807) is 0 Å². The molecule has 0 unspecified atom stereocenters. The SMILES string of the molecule is Cc1c2c(c(CC(C)(C)C)c3ccccc13)Oc1cc3cccc(C4CCOCC4)c3c3cc[n+](C)c-2c13. The molecule has 2 aliphatic rings. The maximum absolute atomic E-state index is 7.03. The molecule has 38 heavy (non-hydrogen) atoms. The fourth-order valence-corrected chi connectivity index (χ4v) is 6.93. The normalized spacial score (nSPS) is 15.7. The highest BCUT2D eigenvalue weighted by Gasteiger charge is 2.35. The van der Waals surface area contributed by atoms with Gasteiger partial charge in [0.25, 0.3) is 0 Å². The van der Waals surface area contributed by atoms with Crippen molar-refractivity contribution in [3.05, 3.63) is 77.5 Å². The van der Waals surface area contributed by atoms with E-state index in [1.807, 2.05) is 0 Å². The number of rotatable bonds is 2. The van der Waals surface area contributed by atoms with Crippen LogP contribution in [0.5, 0.6) is 11.5 Å². The van der Waals surface area contributed by atoms with Crippen molar-refractivity contribution >= 4 is 32.3 Å². The number of aryl methyl sites for hydroxylation is 2. The van der Waals surface area contributed by atoms with Gasteiger partial charge in [-0.1, -0.05) is 63.2 Å².